The Morgan fingerprint density at radius 2 is 2.47 bits per heavy atom. The van der Waals surface area contributed by atoms with Crippen LogP contribution in [0.4, 0.5) is 5.95 Å². The predicted octanol–water partition coefficient (Wildman–Crippen LogP) is 1.71. The molecule has 1 fully saturated rings. The lowest BCUT2D eigenvalue weighted by atomic mass is 10.1. The zero-order valence-electron chi connectivity index (χ0n) is 9.84. The summed E-state index contributed by atoms with van der Waals surface area (Å²) in [5.41, 5.74) is 0.856. The number of fused-ring (bicyclic) bond motifs is 1. The van der Waals surface area contributed by atoms with Gasteiger partial charge in [-0.1, -0.05) is 6.07 Å². The molecule has 0 radical (unpaired) electrons. The average Bonchev–Trinajstić information content (AvgIpc) is 2.97. The molecule has 2 atom stereocenters. The van der Waals surface area contributed by atoms with Crippen LogP contribution in [0, 0.1) is 0 Å². The van der Waals surface area contributed by atoms with E-state index in [2.05, 4.69) is 22.3 Å². The zero-order valence-corrected chi connectivity index (χ0v) is 9.84. The molecule has 1 aliphatic heterocycles. The normalized spacial score (nSPS) is 21.8. The van der Waals surface area contributed by atoms with Gasteiger partial charge in [-0.2, -0.15) is 4.98 Å². The van der Waals surface area contributed by atoms with Crippen molar-refractivity contribution in [2.75, 3.05) is 11.9 Å². The van der Waals surface area contributed by atoms with Gasteiger partial charge < -0.3 is 10.1 Å². The first kappa shape index (κ1) is 10.5. The number of aromatic nitrogens is 3. The highest BCUT2D eigenvalue weighted by Gasteiger charge is 2.23. The fourth-order valence-electron chi connectivity index (χ4n) is 2.19. The summed E-state index contributed by atoms with van der Waals surface area (Å²) < 4.78 is 7.40. The molecule has 0 saturated carbocycles. The molecule has 2 aromatic heterocycles. The van der Waals surface area contributed by atoms with E-state index < -0.39 is 0 Å². The summed E-state index contributed by atoms with van der Waals surface area (Å²) in [7, 11) is 0. The molecular weight excluding hydrogens is 216 g/mol. The van der Waals surface area contributed by atoms with Crippen molar-refractivity contribution in [2.45, 2.75) is 31.9 Å². The Morgan fingerprint density at radius 3 is 3.24 bits per heavy atom. The van der Waals surface area contributed by atoms with Crippen LogP contribution in [0.5, 0.6) is 0 Å². The van der Waals surface area contributed by atoms with E-state index in [-0.39, 0.29) is 12.1 Å². The number of nitrogens with zero attached hydrogens (tertiary/aromatic N) is 3. The van der Waals surface area contributed by atoms with Crippen LogP contribution < -0.4 is 5.32 Å². The molecule has 90 valence electrons. The van der Waals surface area contributed by atoms with Crippen LogP contribution in [0.25, 0.3) is 5.65 Å². The highest BCUT2D eigenvalue weighted by atomic mass is 16.5. The van der Waals surface area contributed by atoms with Crippen LogP contribution in [0.2, 0.25) is 0 Å². The maximum Gasteiger partial charge on any atom is 0.243 e. The lowest BCUT2D eigenvalue weighted by Crippen LogP contribution is -2.30. The molecule has 17 heavy (non-hydrogen) atoms. The molecule has 1 aliphatic rings. The molecule has 0 amide bonds. The molecule has 1 saturated heterocycles. The van der Waals surface area contributed by atoms with Crippen molar-refractivity contribution in [1.82, 2.24) is 14.6 Å². The predicted molar refractivity (Wildman–Crippen MR) is 65.0 cm³/mol. The lowest BCUT2D eigenvalue weighted by Gasteiger charge is -2.18. The SMILES string of the molecule is CC(Nc1nc2ccccn2n1)C1CCCO1. The molecule has 2 unspecified atom stereocenters. The molecule has 5 nitrogen and oxygen atoms in total. The largest absolute Gasteiger partial charge is 0.376 e. The molecule has 0 aliphatic carbocycles. The van der Waals surface area contributed by atoms with Gasteiger partial charge in [0.2, 0.25) is 5.95 Å². The van der Waals surface area contributed by atoms with Gasteiger partial charge in [-0.25, -0.2) is 4.52 Å². The van der Waals surface area contributed by atoms with E-state index in [1.165, 1.54) is 0 Å². The van der Waals surface area contributed by atoms with Gasteiger partial charge in [0.25, 0.3) is 0 Å². The third kappa shape index (κ3) is 2.10. The van der Waals surface area contributed by atoms with Gasteiger partial charge in [-0.05, 0) is 31.9 Å². The van der Waals surface area contributed by atoms with Crippen molar-refractivity contribution in [3.8, 4) is 0 Å². The van der Waals surface area contributed by atoms with Crippen LogP contribution in [-0.2, 0) is 4.74 Å². The summed E-state index contributed by atoms with van der Waals surface area (Å²) in [4.78, 5) is 4.41. The van der Waals surface area contributed by atoms with Gasteiger partial charge in [-0.3, -0.25) is 0 Å². The van der Waals surface area contributed by atoms with Gasteiger partial charge in [0, 0.05) is 12.8 Å². The van der Waals surface area contributed by atoms with Crippen LogP contribution in [-0.4, -0.2) is 33.4 Å². The number of hydrogen-bond acceptors (Lipinski definition) is 4. The number of hydrogen-bond donors (Lipinski definition) is 1. The Hall–Kier alpha value is -1.62. The van der Waals surface area contributed by atoms with Crippen LogP contribution in [0.1, 0.15) is 19.8 Å². The quantitative estimate of drug-likeness (QED) is 0.875. The minimum atomic E-state index is 0.245. The van der Waals surface area contributed by atoms with E-state index in [1.54, 1.807) is 4.52 Å². The molecule has 0 bridgehead atoms. The van der Waals surface area contributed by atoms with Crippen molar-refractivity contribution < 1.29 is 4.74 Å². The minimum Gasteiger partial charge on any atom is -0.376 e. The minimum absolute atomic E-state index is 0.245. The van der Waals surface area contributed by atoms with Crippen molar-refractivity contribution in [3.05, 3.63) is 24.4 Å². The topological polar surface area (TPSA) is 51.5 Å². The van der Waals surface area contributed by atoms with Crippen molar-refractivity contribution in [1.29, 1.82) is 0 Å². The molecule has 3 rings (SSSR count). The number of ether oxygens (including phenoxy) is 1. The van der Waals surface area contributed by atoms with E-state index in [0.717, 1.165) is 25.1 Å². The molecular formula is C12H16N4O. The van der Waals surface area contributed by atoms with Gasteiger partial charge in [0.05, 0.1) is 12.1 Å². The summed E-state index contributed by atoms with van der Waals surface area (Å²) in [6.45, 7) is 2.98. The van der Waals surface area contributed by atoms with Crippen LogP contribution in [0.15, 0.2) is 24.4 Å². The first-order valence-electron chi connectivity index (χ1n) is 6.02. The second-order valence-corrected chi connectivity index (χ2v) is 4.42. The Morgan fingerprint density at radius 1 is 1.53 bits per heavy atom. The van der Waals surface area contributed by atoms with E-state index >= 15 is 0 Å². The molecule has 0 spiro atoms. The molecule has 5 heteroatoms. The van der Waals surface area contributed by atoms with E-state index in [4.69, 9.17) is 4.74 Å². The second-order valence-electron chi connectivity index (χ2n) is 4.42. The number of pyridine rings is 1. The second kappa shape index (κ2) is 4.33. The van der Waals surface area contributed by atoms with Crippen molar-refractivity contribution >= 4 is 11.6 Å². The number of rotatable bonds is 3. The van der Waals surface area contributed by atoms with Crippen molar-refractivity contribution in [3.63, 3.8) is 0 Å². The average molecular weight is 232 g/mol. The Bertz CT molecular complexity index is 471. The summed E-state index contributed by atoms with van der Waals surface area (Å²) in [5, 5.41) is 7.67. The first-order valence-corrected chi connectivity index (χ1v) is 6.02. The summed E-state index contributed by atoms with van der Waals surface area (Å²) in [5.74, 6) is 0.666. The summed E-state index contributed by atoms with van der Waals surface area (Å²) in [6.07, 6.45) is 4.43. The monoisotopic (exact) mass is 232 g/mol. The Kier molecular flexibility index (Phi) is 2.68. The maximum absolute atomic E-state index is 5.64. The van der Waals surface area contributed by atoms with Gasteiger partial charge >= 0.3 is 0 Å². The van der Waals surface area contributed by atoms with E-state index in [0.29, 0.717) is 5.95 Å². The first-order chi connectivity index (χ1) is 8.33. The van der Waals surface area contributed by atoms with Gasteiger partial charge in [0.15, 0.2) is 5.65 Å². The smallest absolute Gasteiger partial charge is 0.243 e. The molecule has 0 aromatic carbocycles. The summed E-state index contributed by atoms with van der Waals surface area (Å²) in [6, 6.07) is 6.08. The highest BCUT2D eigenvalue weighted by molar-refractivity contribution is 5.43. The molecule has 3 heterocycles. The third-order valence-electron chi connectivity index (χ3n) is 3.12. The number of nitrogens with one attached hydrogen (secondary N) is 1. The van der Waals surface area contributed by atoms with Crippen molar-refractivity contribution in [2.24, 2.45) is 0 Å². The zero-order chi connectivity index (χ0) is 11.7. The highest BCUT2D eigenvalue weighted by Crippen LogP contribution is 2.17. The standard InChI is InChI=1S/C12H16N4O/c1-9(10-5-4-8-17-10)13-12-14-11-6-2-3-7-16(11)15-12/h2-3,6-7,9-10H,4-5,8H2,1H3,(H,13,15). The van der Waals surface area contributed by atoms with Crippen LogP contribution in [0.3, 0.4) is 0 Å². The third-order valence-corrected chi connectivity index (χ3v) is 3.12. The Labute approximate surface area is 99.8 Å². The molecule has 2 aromatic rings. The van der Waals surface area contributed by atoms with Gasteiger partial charge in [0.1, 0.15) is 0 Å². The maximum atomic E-state index is 5.64. The fraction of sp³-hybridized carbons (Fsp3) is 0.500. The Balaban J connectivity index is 1.75. The lowest BCUT2D eigenvalue weighted by molar-refractivity contribution is 0.0994. The van der Waals surface area contributed by atoms with Gasteiger partial charge in [-0.15, -0.1) is 5.10 Å². The molecule has 1 N–H and O–H groups in total. The van der Waals surface area contributed by atoms with Crippen LogP contribution >= 0.6 is 0 Å². The number of anilines is 1. The van der Waals surface area contributed by atoms with E-state index in [9.17, 15) is 0 Å². The van der Waals surface area contributed by atoms with E-state index in [1.807, 2.05) is 24.4 Å². The fourth-order valence-corrected chi connectivity index (χ4v) is 2.19. The summed E-state index contributed by atoms with van der Waals surface area (Å²) >= 11 is 0.